The summed E-state index contributed by atoms with van der Waals surface area (Å²) in [4.78, 5) is 2.44. The Hall–Kier alpha value is -2.00. The first-order valence-electron chi connectivity index (χ1n) is 7.59. The molecule has 1 unspecified atom stereocenters. The van der Waals surface area contributed by atoms with Crippen LogP contribution in [0, 0.1) is 0 Å². The van der Waals surface area contributed by atoms with Gasteiger partial charge in [-0.1, -0.05) is 37.3 Å². The number of hydrogen-bond acceptors (Lipinski definition) is 3. The smallest absolute Gasteiger partial charge is 0.120 e. The molecule has 0 amide bonds. The monoisotopic (exact) mass is 282 g/mol. The van der Waals surface area contributed by atoms with Gasteiger partial charge in [0.25, 0.3) is 0 Å². The van der Waals surface area contributed by atoms with Crippen LogP contribution in [-0.4, -0.2) is 16.6 Å². The molecular formula is C18H22N2O. The summed E-state index contributed by atoms with van der Waals surface area (Å²) in [5.41, 5.74) is 10.6. The zero-order valence-electron chi connectivity index (χ0n) is 12.4. The van der Waals surface area contributed by atoms with E-state index in [4.69, 9.17) is 5.73 Å². The lowest BCUT2D eigenvalue weighted by Crippen LogP contribution is -2.34. The summed E-state index contributed by atoms with van der Waals surface area (Å²) in [5.74, 6) is 0.391. The standard InChI is InChI=1S/C18H22N2O/c1-2-17(15-7-3-4-9-18(15)21)20-11-10-14-13(12-20)6-5-8-16(14)19/h3-9,17,21H,2,10-12,19H2,1H3. The average Bonchev–Trinajstić information content (AvgIpc) is 2.50. The van der Waals surface area contributed by atoms with Crippen LogP contribution in [0.5, 0.6) is 5.75 Å². The molecule has 110 valence electrons. The van der Waals surface area contributed by atoms with Gasteiger partial charge in [-0.3, -0.25) is 4.90 Å². The molecule has 2 aromatic carbocycles. The van der Waals surface area contributed by atoms with Gasteiger partial charge in [-0.15, -0.1) is 0 Å². The third-order valence-electron chi connectivity index (χ3n) is 4.45. The number of aromatic hydroxyl groups is 1. The lowest BCUT2D eigenvalue weighted by atomic mass is 9.94. The van der Waals surface area contributed by atoms with Crippen LogP contribution in [-0.2, 0) is 13.0 Å². The summed E-state index contributed by atoms with van der Waals surface area (Å²) in [5, 5.41) is 10.1. The van der Waals surface area contributed by atoms with Gasteiger partial charge in [0, 0.05) is 30.4 Å². The highest BCUT2D eigenvalue weighted by molar-refractivity contribution is 5.52. The second kappa shape index (κ2) is 5.78. The number of fused-ring (bicyclic) bond motifs is 1. The summed E-state index contributed by atoms with van der Waals surface area (Å²) in [6.45, 7) is 4.05. The predicted molar refractivity (Wildman–Crippen MR) is 86.1 cm³/mol. The van der Waals surface area contributed by atoms with Crippen LogP contribution in [0.25, 0.3) is 0 Å². The Labute approximate surface area is 126 Å². The minimum atomic E-state index is 0.251. The van der Waals surface area contributed by atoms with Gasteiger partial charge in [-0.2, -0.15) is 0 Å². The molecule has 1 heterocycles. The summed E-state index contributed by atoms with van der Waals surface area (Å²) in [6.07, 6.45) is 1.96. The quantitative estimate of drug-likeness (QED) is 0.847. The zero-order valence-corrected chi connectivity index (χ0v) is 12.4. The Morgan fingerprint density at radius 1 is 1.19 bits per heavy atom. The zero-order chi connectivity index (χ0) is 14.8. The van der Waals surface area contributed by atoms with Crippen molar-refractivity contribution in [3.8, 4) is 5.75 Å². The Bertz CT molecular complexity index is 639. The van der Waals surface area contributed by atoms with Crippen molar-refractivity contribution in [2.45, 2.75) is 32.4 Å². The van der Waals surface area contributed by atoms with Gasteiger partial charge >= 0.3 is 0 Å². The van der Waals surface area contributed by atoms with Crippen LogP contribution in [0.1, 0.15) is 36.1 Å². The third kappa shape index (κ3) is 2.61. The number of nitrogens with zero attached hydrogens (tertiary/aromatic N) is 1. The molecule has 0 saturated heterocycles. The molecule has 3 nitrogen and oxygen atoms in total. The number of hydrogen-bond donors (Lipinski definition) is 2. The van der Waals surface area contributed by atoms with Crippen LogP contribution >= 0.6 is 0 Å². The summed E-state index contributed by atoms with van der Waals surface area (Å²) in [6, 6.07) is 14.1. The van der Waals surface area contributed by atoms with E-state index in [1.165, 1.54) is 11.1 Å². The molecule has 0 saturated carbocycles. The second-order valence-electron chi connectivity index (χ2n) is 5.69. The van der Waals surface area contributed by atoms with Crippen molar-refractivity contribution in [3.05, 3.63) is 59.2 Å². The molecule has 1 aliphatic heterocycles. The molecule has 0 aromatic heterocycles. The average molecular weight is 282 g/mol. The van der Waals surface area contributed by atoms with Gasteiger partial charge in [0.1, 0.15) is 5.75 Å². The molecule has 21 heavy (non-hydrogen) atoms. The molecule has 1 atom stereocenters. The fourth-order valence-corrected chi connectivity index (χ4v) is 3.37. The maximum atomic E-state index is 10.1. The molecule has 0 spiro atoms. The molecular weight excluding hydrogens is 260 g/mol. The lowest BCUT2D eigenvalue weighted by molar-refractivity contribution is 0.172. The van der Waals surface area contributed by atoms with Crippen molar-refractivity contribution in [1.82, 2.24) is 4.90 Å². The van der Waals surface area contributed by atoms with Gasteiger partial charge in [0.15, 0.2) is 0 Å². The number of benzene rings is 2. The fourth-order valence-electron chi connectivity index (χ4n) is 3.37. The summed E-state index contributed by atoms with van der Waals surface area (Å²) >= 11 is 0. The number of nitrogens with two attached hydrogens (primary N) is 1. The highest BCUT2D eigenvalue weighted by Gasteiger charge is 2.25. The number of phenolic OH excluding ortho intramolecular Hbond substituents is 1. The first kappa shape index (κ1) is 14.0. The molecule has 3 heteroatoms. The fraction of sp³-hybridized carbons (Fsp3) is 0.333. The van der Waals surface area contributed by atoms with Crippen LogP contribution < -0.4 is 5.73 Å². The van der Waals surface area contributed by atoms with Crippen LogP contribution in [0.2, 0.25) is 0 Å². The molecule has 0 fully saturated rings. The van der Waals surface area contributed by atoms with E-state index in [0.29, 0.717) is 5.75 Å². The van der Waals surface area contributed by atoms with E-state index in [1.54, 1.807) is 6.07 Å². The van der Waals surface area contributed by atoms with E-state index in [0.717, 1.165) is 37.2 Å². The molecule has 0 bridgehead atoms. The maximum absolute atomic E-state index is 10.1. The second-order valence-corrected chi connectivity index (χ2v) is 5.69. The van der Waals surface area contributed by atoms with Gasteiger partial charge < -0.3 is 10.8 Å². The molecule has 0 aliphatic carbocycles. The number of phenols is 1. The van der Waals surface area contributed by atoms with Gasteiger partial charge in [-0.25, -0.2) is 0 Å². The number of rotatable bonds is 3. The molecule has 1 aliphatic rings. The van der Waals surface area contributed by atoms with Crippen molar-refractivity contribution >= 4 is 5.69 Å². The maximum Gasteiger partial charge on any atom is 0.120 e. The van der Waals surface area contributed by atoms with E-state index in [9.17, 15) is 5.11 Å². The topological polar surface area (TPSA) is 49.5 Å². The molecule has 2 aromatic rings. The molecule has 3 rings (SSSR count). The van der Waals surface area contributed by atoms with Crippen molar-refractivity contribution < 1.29 is 5.11 Å². The van der Waals surface area contributed by atoms with E-state index in [-0.39, 0.29) is 6.04 Å². The Morgan fingerprint density at radius 2 is 2.00 bits per heavy atom. The van der Waals surface area contributed by atoms with Crippen molar-refractivity contribution in [2.24, 2.45) is 0 Å². The van der Waals surface area contributed by atoms with Crippen LogP contribution in [0.15, 0.2) is 42.5 Å². The highest BCUT2D eigenvalue weighted by Crippen LogP contribution is 2.35. The van der Waals surface area contributed by atoms with E-state index in [2.05, 4.69) is 17.9 Å². The lowest BCUT2D eigenvalue weighted by Gasteiger charge is -2.36. The molecule has 3 N–H and O–H groups in total. The summed E-state index contributed by atoms with van der Waals surface area (Å²) in [7, 11) is 0. The van der Waals surface area contributed by atoms with Gasteiger partial charge in [0.2, 0.25) is 0 Å². The summed E-state index contributed by atoms with van der Waals surface area (Å²) < 4.78 is 0. The Balaban J connectivity index is 1.89. The largest absolute Gasteiger partial charge is 0.508 e. The normalized spacial score (nSPS) is 16.4. The van der Waals surface area contributed by atoms with Crippen LogP contribution in [0.3, 0.4) is 0 Å². The number of nitrogen functional groups attached to an aromatic ring is 1. The van der Waals surface area contributed by atoms with Crippen molar-refractivity contribution in [2.75, 3.05) is 12.3 Å². The minimum absolute atomic E-state index is 0.251. The van der Waals surface area contributed by atoms with Crippen molar-refractivity contribution in [3.63, 3.8) is 0 Å². The number of para-hydroxylation sites is 1. The van der Waals surface area contributed by atoms with Gasteiger partial charge in [0.05, 0.1) is 0 Å². The first-order valence-corrected chi connectivity index (χ1v) is 7.59. The number of anilines is 1. The van der Waals surface area contributed by atoms with E-state index in [1.807, 2.05) is 30.3 Å². The molecule has 0 radical (unpaired) electrons. The van der Waals surface area contributed by atoms with E-state index < -0.39 is 0 Å². The van der Waals surface area contributed by atoms with Gasteiger partial charge in [-0.05, 0) is 36.1 Å². The Morgan fingerprint density at radius 3 is 2.76 bits per heavy atom. The third-order valence-corrected chi connectivity index (χ3v) is 4.45. The minimum Gasteiger partial charge on any atom is -0.508 e. The Kier molecular flexibility index (Phi) is 3.84. The van der Waals surface area contributed by atoms with E-state index >= 15 is 0 Å². The van der Waals surface area contributed by atoms with Crippen LogP contribution in [0.4, 0.5) is 5.69 Å². The van der Waals surface area contributed by atoms with Crippen molar-refractivity contribution in [1.29, 1.82) is 0 Å². The highest BCUT2D eigenvalue weighted by atomic mass is 16.3. The SMILES string of the molecule is CCC(c1ccccc1O)N1CCc2c(N)cccc2C1. The predicted octanol–water partition coefficient (Wildman–Crippen LogP) is 3.48. The first-order chi connectivity index (χ1) is 10.2.